The van der Waals surface area contributed by atoms with Crippen molar-refractivity contribution >= 4 is 23.4 Å². The van der Waals surface area contributed by atoms with Crippen molar-refractivity contribution in [2.75, 3.05) is 0 Å². The lowest BCUT2D eigenvalue weighted by atomic mass is 9.92. The molecule has 2 heterocycles. The van der Waals surface area contributed by atoms with E-state index in [-0.39, 0.29) is 0 Å². The number of aromatic nitrogens is 3. The Bertz CT molecular complexity index is 651. The predicted octanol–water partition coefficient (Wildman–Crippen LogP) is 4.15. The topological polar surface area (TPSA) is 33.6 Å². The molecule has 1 unspecified atom stereocenters. The van der Waals surface area contributed by atoms with Gasteiger partial charge in [-0.2, -0.15) is 0 Å². The van der Waals surface area contributed by atoms with Crippen molar-refractivity contribution in [3.8, 4) is 0 Å². The van der Waals surface area contributed by atoms with E-state index in [9.17, 15) is 0 Å². The van der Waals surface area contributed by atoms with Gasteiger partial charge in [-0.15, -0.1) is 0 Å². The molecule has 1 aliphatic rings. The molecule has 1 fully saturated rings. The zero-order chi connectivity index (χ0) is 12.9. The molecule has 0 saturated heterocycles. The molecule has 4 heteroatoms. The standard InChI is InChI=1S/C14H19N3S/c1-9-4-5-11-12(15-9)17(13(18)16-11)10-6-7-14(2,3)8-10/h4-5,10H,6-8H2,1-3H3,(H,16,18). The third-order valence-electron chi connectivity index (χ3n) is 4.01. The van der Waals surface area contributed by atoms with Gasteiger partial charge in [0, 0.05) is 11.7 Å². The normalized spacial score (nSPS) is 22.7. The summed E-state index contributed by atoms with van der Waals surface area (Å²) in [6.45, 7) is 6.70. The SMILES string of the molecule is Cc1ccc2[nH]c(=S)n(C3CCC(C)(C)C3)c2n1. The number of aromatic amines is 1. The van der Waals surface area contributed by atoms with Crippen molar-refractivity contribution in [1.29, 1.82) is 0 Å². The fraction of sp³-hybridized carbons (Fsp3) is 0.571. The van der Waals surface area contributed by atoms with E-state index in [2.05, 4.69) is 34.4 Å². The quantitative estimate of drug-likeness (QED) is 0.782. The molecule has 3 nitrogen and oxygen atoms in total. The van der Waals surface area contributed by atoms with Crippen LogP contribution in [0.3, 0.4) is 0 Å². The zero-order valence-electron chi connectivity index (χ0n) is 11.2. The molecule has 18 heavy (non-hydrogen) atoms. The Hall–Kier alpha value is -1.16. The van der Waals surface area contributed by atoms with Crippen LogP contribution < -0.4 is 0 Å². The van der Waals surface area contributed by atoms with Crippen LogP contribution in [0.25, 0.3) is 11.2 Å². The molecule has 1 N–H and O–H groups in total. The van der Waals surface area contributed by atoms with E-state index < -0.39 is 0 Å². The first kappa shape index (κ1) is 11.9. The summed E-state index contributed by atoms with van der Waals surface area (Å²) in [5, 5.41) is 0. The number of nitrogens with zero attached hydrogens (tertiary/aromatic N) is 2. The molecule has 96 valence electrons. The molecule has 2 aromatic heterocycles. The monoisotopic (exact) mass is 261 g/mol. The van der Waals surface area contributed by atoms with Gasteiger partial charge in [0.05, 0.1) is 5.52 Å². The highest BCUT2D eigenvalue weighted by molar-refractivity contribution is 7.71. The van der Waals surface area contributed by atoms with Crippen molar-refractivity contribution in [1.82, 2.24) is 14.5 Å². The highest BCUT2D eigenvalue weighted by Crippen LogP contribution is 2.44. The molecule has 0 aromatic carbocycles. The van der Waals surface area contributed by atoms with Crippen LogP contribution in [-0.4, -0.2) is 14.5 Å². The fourth-order valence-electron chi connectivity index (χ4n) is 3.05. The van der Waals surface area contributed by atoms with E-state index in [1.54, 1.807) is 0 Å². The van der Waals surface area contributed by atoms with Gasteiger partial charge in [0.15, 0.2) is 10.4 Å². The second-order valence-corrected chi connectivity index (χ2v) is 6.57. The average Bonchev–Trinajstić information content (AvgIpc) is 2.77. The summed E-state index contributed by atoms with van der Waals surface area (Å²) in [5.41, 5.74) is 3.54. The van der Waals surface area contributed by atoms with E-state index in [1.165, 1.54) is 19.3 Å². The summed E-state index contributed by atoms with van der Waals surface area (Å²) in [5.74, 6) is 0. The third-order valence-corrected chi connectivity index (χ3v) is 4.31. The summed E-state index contributed by atoms with van der Waals surface area (Å²) in [7, 11) is 0. The predicted molar refractivity (Wildman–Crippen MR) is 76.3 cm³/mol. The molecular formula is C14H19N3S. The molecule has 0 radical (unpaired) electrons. The number of hydrogen-bond donors (Lipinski definition) is 1. The molecule has 1 saturated carbocycles. The summed E-state index contributed by atoms with van der Waals surface area (Å²) in [6, 6.07) is 4.59. The Morgan fingerprint density at radius 1 is 1.44 bits per heavy atom. The highest BCUT2D eigenvalue weighted by atomic mass is 32.1. The maximum absolute atomic E-state index is 5.48. The van der Waals surface area contributed by atoms with Gasteiger partial charge in [-0.3, -0.25) is 4.57 Å². The van der Waals surface area contributed by atoms with Gasteiger partial charge in [0.25, 0.3) is 0 Å². The van der Waals surface area contributed by atoms with Gasteiger partial charge in [-0.25, -0.2) is 4.98 Å². The second-order valence-electron chi connectivity index (χ2n) is 6.18. The molecule has 1 atom stereocenters. The molecule has 0 aliphatic heterocycles. The lowest BCUT2D eigenvalue weighted by Gasteiger charge is -2.18. The van der Waals surface area contributed by atoms with E-state index in [0.29, 0.717) is 11.5 Å². The van der Waals surface area contributed by atoms with Gasteiger partial charge in [-0.05, 0) is 56.0 Å². The number of imidazole rings is 1. The van der Waals surface area contributed by atoms with Gasteiger partial charge in [0.1, 0.15) is 0 Å². The van der Waals surface area contributed by atoms with Gasteiger partial charge in [0.2, 0.25) is 0 Å². The van der Waals surface area contributed by atoms with E-state index >= 15 is 0 Å². The number of aryl methyl sites for hydroxylation is 1. The van der Waals surface area contributed by atoms with Crippen molar-refractivity contribution in [3.63, 3.8) is 0 Å². The lowest BCUT2D eigenvalue weighted by Crippen LogP contribution is -2.10. The number of nitrogens with one attached hydrogen (secondary N) is 1. The molecule has 2 aromatic rings. The van der Waals surface area contributed by atoms with E-state index in [0.717, 1.165) is 21.6 Å². The van der Waals surface area contributed by atoms with Gasteiger partial charge in [-0.1, -0.05) is 13.8 Å². The van der Waals surface area contributed by atoms with Crippen LogP contribution in [0.1, 0.15) is 44.8 Å². The summed E-state index contributed by atoms with van der Waals surface area (Å²) in [4.78, 5) is 7.93. The van der Waals surface area contributed by atoms with Crippen molar-refractivity contribution in [2.45, 2.75) is 46.1 Å². The molecule has 0 spiro atoms. The molecule has 0 bridgehead atoms. The van der Waals surface area contributed by atoms with E-state index in [1.807, 2.05) is 13.0 Å². The Morgan fingerprint density at radius 2 is 2.22 bits per heavy atom. The van der Waals surface area contributed by atoms with Crippen LogP contribution >= 0.6 is 12.2 Å². The second kappa shape index (κ2) is 3.92. The van der Waals surface area contributed by atoms with Crippen LogP contribution in [0.5, 0.6) is 0 Å². The number of rotatable bonds is 1. The Kier molecular flexibility index (Phi) is 2.59. The van der Waals surface area contributed by atoms with Crippen LogP contribution in [0.2, 0.25) is 0 Å². The molecular weight excluding hydrogens is 242 g/mol. The van der Waals surface area contributed by atoms with Crippen molar-refractivity contribution < 1.29 is 0 Å². The van der Waals surface area contributed by atoms with Gasteiger partial charge >= 0.3 is 0 Å². The number of H-pyrrole nitrogens is 1. The molecule has 0 amide bonds. The minimum Gasteiger partial charge on any atom is -0.329 e. The van der Waals surface area contributed by atoms with Crippen LogP contribution in [0.15, 0.2) is 12.1 Å². The third kappa shape index (κ3) is 1.88. The largest absolute Gasteiger partial charge is 0.329 e. The number of fused-ring (bicyclic) bond motifs is 1. The summed E-state index contributed by atoms with van der Waals surface area (Å²) < 4.78 is 3.04. The minimum atomic E-state index is 0.423. The zero-order valence-corrected chi connectivity index (χ0v) is 12.0. The first-order valence-corrected chi connectivity index (χ1v) is 6.95. The molecule has 1 aliphatic carbocycles. The summed E-state index contributed by atoms with van der Waals surface area (Å²) in [6.07, 6.45) is 3.64. The Balaban J connectivity index is 2.14. The first-order valence-electron chi connectivity index (χ1n) is 6.54. The van der Waals surface area contributed by atoms with Crippen molar-refractivity contribution in [3.05, 3.63) is 22.6 Å². The number of pyridine rings is 1. The fourth-order valence-corrected chi connectivity index (χ4v) is 3.40. The molecule has 3 rings (SSSR count). The Morgan fingerprint density at radius 3 is 2.89 bits per heavy atom. The first-order chi connectivity index (χ1) is 8.46. The van der Waals surface area contributed by atoms with Crippen LogP contribution in [0.4, 0.5) is 0 Å². The minimum absolute atomic E-state index is 0.423. The highest BCUT2D eigenvalue weighted by Gasteiger charge is 2.33. The van der Waals surface area contributed by atoms with E-state index in [4.69, 9.17) is 12.2 Å². The summed E-state index contributed by atoms with van der Waals surface area (Å²) >= 11 is 5.48. The van der Waals surface area contributed by atoms with Crippen LogP contribution in [-0.2, 0) is 0 Å². The number of hydrogen-bond acceptors (Lipinski definition) is 2. The maximum Gasteiger partial charge on any atom is 0.179 e. The Labute approximate surface area is 112 Å². The van der Waals surface area contributed by atoms with Gasteiger partial charge < -0.3 is 4.98 Å². The van der Waals surface area contributed by atoms with Crippen molar-refractivity contribution in [2.24, 2.45) is 5.41 Å². The maximum atomic E-state index is 5.48. The van der Waals surface area contributed by atoms with Crippen LogP contribution in [0, 0.1) is 17.1 Å². The smallest absolute Gasteiger partial charge is 0.179 e. The average molecular weight is 261 g/mol. The lowest BCUT2D eigenvalue weighted by molar-refractivity contribution is 0.359.